The Labute approximate surface area is 107 Å². The Balaban J connectivity index is 2.29. The van der Waals surface area contributed by atoms with Crippen LogP contribution in [0.3, 0.4) is 0 Å². The summed E-state index contributed by atoms with van der Waals surface area (Å²) in [6, 6.07) is 0.445. The molecule has 0 aliphatic carbocycles. The third-order valence-corrected chi connectivity index (χ3v) is 4.51. The predicted octanol–water partition coefficient (Wildman–Crippen LogP) is 3.55. The summed E-state index contributed by atoms with van der Waals surface area (Å²) in [4.78, 5) is 5.86. The van der Waals surface area contributed by atoms with Gasteiger partial charge < -0.3 is 5.32 Å². The van der Waals surface area contributed by atoms with Crippen LogP contribution in [0.15, 0.2) is 0 Å². The molecule has 0 saturated heterocycles. The van der Waals surface area contributed by atoms with Gasteiger partial charge in [0.15, 0.2) is 0 Å². The average molecular weight is 258 g/mol. The Morgan fingerprint density at radius 1 is 1.38 bits per heavy atom. The maximum absolute atomic E-state index is 4.46. The fraction of sp³-hybridized carbons (Fsp3) is 0.750. The summed E-state index contributed by atoms with van der Waals surface area (Å²) in [5.41, 5.74) is 1.19. The molecule has 1 unspecified atom stereocenters. The van der Waals surface area contributed by atoms with Crippen molar-refractivity contribution in [3.63, 3.8) is 0 Å². The normalized spacial score (nSPS) is 13.0. The number of aryl methyl sites for hydroxylation is 2. The molecule has 1 aromatic rings. The van der Waals surface area contributed by atoms with Crippen LogP contribution in [-0.2, 0) is 0 Å². The molecule has 0 bridgehead atoms. The molecule has 0 aliphatic heterocycles. The van der Waals surface area contributed by atoms with Crippen molar-refractivity contribution in [2.24, 2.45) is 0 Å². The fourth-order valence-electron chi connectivity index (χ4n) is 1.73. The summed E-state index contributed by atoms with van der Waals surface area (Å²) >= 11 is 3.74. The highest BCUT2D eigenvalue weighted by molar-refractivity contribution is 7.98. The second-order valence-corrected chi connectivity index (χ2v) is 6.28. The van der Waals surface area contributed by atoms with Gasteiger partial charge in [-0.15, -0.1) is 11.3 Å². The molecule has 16 heavy (non-hydrogen) atoms. The lowest BCUT2D eigenvalue weighted by Gasteiger charge is -2.12. The number of rotatable bonds is 7. The highest BCUT2D eigenvalue weighted by Gasteiger charge is 2.11. The lowest BCUT2D eigenvalue weighted by atomic mass is 10.2. The topological polar surface area (TPSA) is 24.9 Å². The van der Waals surface area contributed by atoms with Gasteiger partial charge in [0.05, 0.1) is 10.7 Å². The molecule has 1 atom stereocenters. The van der Waals surface area contributed by atoms with Crippen LogP contribution < -0.4 is 5.32 Å². The summed E-state index contributed by atoms with van der Waals surface area (Å²) in [6.45, 7) is 7.52. The molecule has 2 nitrogen and oxygen atoms in total. The van der Waals surface area contributed by atoms with Crippen LogP contribution in [0.2, 0.25) is 0 Å². The quantitative estimate of drug-likeness (QED) is 0.757. The van der Waals surface area contributed by atoms with Crippen molar-refractivity contribution in [3.8, 4) is 0 Å². The molecule has 4 heteroatoms. The summed E-state index contributed by atoms with van der Waals surface area (Å²) in [7, 11) is 0. The molecular weight excluding hydrogens is 236 g/mol. The number of unbranched alkanes of at least 4 members (excludes halogenated alkanes) is 1. The summed E-state index contributed by atoms with van der Waals surface area (Å²) in [5, 5.41) is 4.74. The van der Waals surface area contributed by atoms with Crippen LogP contribution in [0, 0.1) is 13.8 Å². The second kappa shape index (κ2) is 7.30. The van der Waals surface area contributed by atoms with Crippen molar-refractivity contribution < 1.29 is 0 Å². The van der Waals surface area contributed by atoms with E-state index in [1.54, 1.807) is 0 Å². The van der Waals surface area contributed by atoms with Crippen LogP contribution in [0.5, 0.6) is 0 Å². The standard InChI is InChI=1S/C12H22N2S2/c1-9(13-7-5-6-8-15-4)12-10(2)14-11(3)16-12/h9,13H,5-8H2,1-4H3. The third kappa shape index (κ3) is 4.44. The molecule has 1 heterocycles. The van der Waals surface area contributed by atoms with Gasteiger partial charge in [0.25, 0.3) is 0 Å². The number of hydrogen-bond acceptors (Lipinski definition) is 4. The zero-order valence-electron chi connectivity index (χ0n) is 10.7. The van der Waals surface area contributed by atoms with Crippen LogP contribution in [0.4, 0.5) is 0 Å². The van der Waals surface area contributed by atoms with Gasteiger partial charge >= 0.3 is 0 Å². The molecule has 92 valence electrons. The summed E-state index contributed by atoms with van der Waals surface area (Å²) < 4.78 is 0. The lowest BCUT2D eigenvalue weighted by molar-refractivity contribution is 0.559. The van der Waals surface area contributed by atoms with E-state index in [2.05, 4.69) is 37.3 Å². The fourth-order valence-corrected chi connectivity index (χ4v) is 3.18. The summed E-state index contributed by atoms with van der Waals surface area (Å²) in [5.74, 6) is 1.27. The highest BCUT2D eigenvalue weighted by Crippen LogP contribution is 2.24. The highest BCUT2D eigenvalue weighted by atomic mass is 32.2. The number of nitrogens with one attached hydrogen (secondary N) is 1. The van der Waals surface area contributed by atoms with Gasteiger partial charge in [-0.2, -0.15) is 11.8 Å². The van der Waals surface area contributed by atoms with Crippen molar-refractivity contribution in [2.45, 2.75) is 39.7 Å². The van der Waals surface area contributed by atoms with Gasteiger partial charge in [-0.3, -0.25) is 0 Å². The largest absolute Gasteiger partial charge is 0.309 e. The van der Waals surface area contributed by atoms with E-state index >= 15 is 0 Å². The van der Waals surface area contributed by atoms with Gasteiger partial charge in [-0.05, 0) is 52.2 Å². The molecule has 0 radical (unpaired) electrons. The van der Waals surface area contributed by atoms with Crippen LogP contribution in [0.1, 0.15) is 41.4 Å². The van der Waals surface area contributed by atoms with Crippen LogP contribution >= 0.6 is 23.1 Å². The van der Waals surface area contributed by atoms with E-state index in [0.717, 1.165) is 6.54 Å². The number of hydrogen-bond donors (Lipinski definition) is 1. The van der Waals surface area contributed by atoms with Crippen molar-refractivity contribution >= 4 is 23.1 Å². The predicted molar refractivity (Wildman–Crippen MR) is 75.6 cm³/mol. The Morgan fingerprint density at radius 3 is 2.69 bits per heavy atom. The Morgan fingerprint density at radius 2 is 2.12 bits per heavy atom. The molecule has 1 N–H and O–H groups in total. The number of aromatic nitrogens is 1. The van der Waals surface area contributed by atoms with Crippen molar-refractivity contribution in [3.05, 3.63) is 15.6 Å². The number of thioether (sulfide) groups is 1. The number of thiazole rings is 1. The molecule has 0 saturated carbocycles. The molecule has 0 fully saturated rings. The van der Waals surface area contributed by atoms with E-state index in [0.29, 0.717) is 6.04 Å². The first-order valence-corrected chi connectivity index (χ1v) is 8.02. The van der Waals surface area contributed by atoms with E-state index in [4.69, 9.17) is 0 Å². The Kier molecular flexibility index (Phi) is 6.39. The maximum Gasteiger partial charge on any atom is 0.0900 e. The summed E-state index contributed by atoms with van der Waals surface area (Å²) in [6.07, 6.45) is 4.74. The molecule has 1 aromatic heterocycles. The third-order valence-electron chi connectivity index (χ3n) is 2.56. The van der Waals surface area contributed by atoms with E-state index in [1.165, 1.54) is 34.2 Å². The molecule has 0 aromatic carbocycles. The lowest BCUT2D eigenvalue weighted by Crippen LogP contribution is -2.19. The Hall–Kier alpha value is -0.0600. The Bertz CT molecular complexity index is 310. The van der Waals surface area contributed by atoms with Gasteiger partial charge in [-0.1, -0.05) is 0 Å². The van der Waals surface area contributed by atoms with E-state index in [-0.39, 0.29) is 0 Å². The van der Waals surface area contributed by atoms with E-state index in [1.807, 2.05) is 23.1 Å². The zero-order valence-corrected chi connectivity index (χ0v) is 12.3. The monoisotopic (exact) mass is 258 g/mol. The maximum atomic E-state index is 4.46. The SMILES string of the molecule is CSCCCCNC(C)c1sc(C)nc1C. The minimum absolute atomic E-state index is 0.445. The minimum Gasteiger partial charge on any atom is -0.309 e. The molecule has 0 spiro atoms. The molecule has 1 rings (SSSR count). The smallest absolute Gasteiger partial charge is 0.0900 e. The number of nitrogens with zero attached hydrogens (tertiary/aromatic N) is 1. The van der Waals surface area contributed by atoms with E-state index < -0.39 is 0 Å². The first kappa shape index (κ1) is 14.0. The van der Waals surface area contributed by atoms with Crippen LogP contribution in [0.25, 0.3) is 0 Å². The molecule has 0 amide bonds. The van der Waals surface area contributed by atoms with E-state index in [9.17, 15) is 0 Å². The van der Waals surface area contributed by atoms with Gasteiger partial charge in [0, 0.05) is 10.9 Å². The first-order chi connectivity index (χ1) is 7.65. The molecular formula is C12H22N2S2. The zero-order chi connectivity index (χ0) is 12.0. The average Bonchev–Trinajstić information content (AvgIpc) is 2.57. The molecule has 0 aliphatic rings. The minimum atomic E-state index is 0.445. The van der Waals surface area contributed by atoms with Crippen molar-refractivity contribution in [1.29, 1.82) is 0 Å². The van der Waals surface area contributed by atoms with Crippen molar-refractivity contribution in [1.82, 2.24) is 10.3 Å². The van der Waals surface area contributed by atoms with Gasteiger partial charge in [0.2, 0.25) is 0 Å². The van der Waals surface area contributed by atoms with Gasteiger partial charge in [0.1, 0.15) is 0 Å². The van der Waals surface area contributed by atoms with Gasteiger partial charge in [-0.25, -0.2) is 4.98 Å². The van der Waals surface area contributed by atoms with Crippen molar-refractivity contribution in [2.75, 3.05) is 18.6 Å². The van der Waals surface area contributed by atoms with Crippen LogP contribution in [-0.4, -0.2) is 23.5 Å². The first-order valence-electron chi connectivity index (χ1n) is 5.81. The second-order valence-electron chi connectivity index (χ2n) is 4.06.